The van der Waals surface area contributed by atoms with Crippen molar-refractivity contribution in [2.24, 2.45) is 0 Å². The van der Waals surface area contributed by atoms with Crippen LogP contribution >= 0.6 is 11.3 Å². The lowest BCUT2D eigenvalue weighted by atomic mass is 10.1. The summed E-state index contributed by atoms with van der Waals surface area (Å²) in [6.07, 6.45) is -4.65. The van der Waals surface area contributed by atoms with E-state index < -0.39 is 6.36 Å². The second-order valence-electron chi connectivity index (χ2n) is 4.30. The normalized spacial score (nSPS) is 13.2. The summed E-state index contributed by atoms with van der Waals surface area (Å²) in [6.45, 7) is 2.70. The molecule has 0 radical (unpaired) electrons. The van der Waals surface area contributed by atoms with Gasteiger partial charge in [-0.05, 0) is 36.1 Å². The first kappa shape index (κ1) is 14.9. The zero-order valence-corrected chi connectivity index (χ0v) is 11.6. The summed E-state index contributed by atoms with van der Waals surface area (Å²) in [5, 5.41) is 5.32. The molecule has 1 aromatic carbocycles. The molecule has 20 heavy (non-hydrogen) atoms. The van der Waals surface area contributed by atoms with E-state index in [1.54, 1.807) is 23.5 Å². The van der Waals surface area contributed by atoms with Gasteiger partial charge < -0.3 is 10.1 Å². The maximum atomic E-state index is 12.0. The van der Waals surface area contributed by atoms with Crippen molar-refractivity contribution in [3.8, 4) is 5.75 Å². The van der Waals surface area contributed by atoms with Crippen LogP contribution in [0.15, 0.2) is 41.8 Å². The Balaban J connectivity index is 1.91. The quantitative estimate of drug-likeness (QED) is 0.878. The smallest absolute Gasteiger partial charge is 0.406 e. The SMILES string of the molecule is CC(NCc1cccs1)c1ccc(OC(F)(F)F)cc1. The Bertz CT molecular complexity index is 522. The van der Waals surface area contributed by atoms with Gasteiger partial charge in [0.25, 0.3) is 0 Å². The van der Waals surface area contributed by atoms with E-state index in [2.05, 4.69) is 10.1 Å². The summed E-state index contributed by atoms with van der Waals surface area (Å²) in [5.41, 5.74) is 0.913. The van der Waals surface area contributed by atoms with Crippen molar-refractivity contribution in [1.82, 2.24) is 5.32 Å². The number of benzene rings is 1. The van der Waals surface area contributed by atoms with Gasteiger partial charge in [0.1, 0.15) is 5.75 Å². The zero-order valence-electron chi connectivity index (χ0n) is 10.8. The van der Waals surface area contributed by atoms with Gasteiger partial charge >= 0.3 is 6.36 Å². The van der Waals surface area contributed by atoms with E-state index in [9.17, 15) is 13.2 Å². The lowest BCUT2D eigenvalue weighted by molar-refractivity contribution is -0.274. The van der Waals surface area contributed by atoms with Gasteiger partial charge in [-0.3, -0.25) is 0 Å². The highest BCUT2D eigenvalue weighted by Gasteiger charge is 2.30. The summed E-state index contributed by atoms with van der Waals surface area (Å²) >= 11 is 1.66. The van der Waals surface area contributed by atoms with Gasteiger partial charge in [-0.2, -0.15) is 0 Å². The predicted molar refractivity (Wildman–Crippen MR) is 72.7 cm³/mol. The fraction of sp³-hybridized carbons (Fsp3) is 0.286. The maximum Gasteiger partial charge on any atom is 0.573 e. The van der Waals surface area contributed by atoms with Crippen molar-refractivity contribution in [1.29, 1.82) is 0 Å². The molecule has 0 bridgehead atoms. The number of nitrogens with one attached hydrogen (secondary N) is 1. The molecule has 0 aliphatic rings. The molecule has 1 atom stereocenters. The minimum atomic E-state index is -4.65. The Morgan fingerprint density at radius 2 is 1.90 bits per heavy atom. The van der Waals surface area contributed by atoms with Crippen LogP contribution in [-0.2, 0) is 6.54 Å². The summed E-state index contributed by atoms with van der Waals surface area (Å²) in [4.78, 5) is 1.22. The maximum absolute atomic E-state index is 12.0. The molecule has 108 valence electrons. The van der Waals surface area contributed by atoms with Crippen LogP contribution < -0.4 is 10.1 Å². The Morgan fingerprint density at radius 1 is 1.20 bits per heavy atom. The molecule has 2 nitrogen and oxygen atoms in total. The van der Waals surface area contributed by atoms with E-state index >= 15 is 0 Å². The number of alkyl halides is 3. The summed E-state index contributed by atoms with van der Waals surface area (Å²) in [7, 11) is 0. The lowest BCUT2D eigenvalue weighted by Crippen LogP contribution is -2.18. The minimum Gasteiger partial charge on any atom is -0.406 e. The third-order valence-corrected chi connectivity index (χ3v) is 3.65. The van der Waals surface area contributed by atoms with Crippen LogP contribution in [0.4, 0.5) is 13.2 Å². The van der Waals surface area contributed by atoms with E-state index in [-0.39, 0.29) is 11.8 Å². The van der Waals surface area contributed by atoms with Gasteiger partial charge in [0.05, 0.1) is 0 Å². The molecular weight excluding hydrogens is 287 g/mol. The van der Waals surface area contributed by atoms with Gasteiger partial charge in [-0.1, -0.05) is 18.2 Å². The molecule has 1 unspecified atom stereocenters. The molecule has 1 heterocycles. The zero-order chi connectivity index (χ0) is 14.6. The molecule has 1 N–H and O–H groups in total. The highest BCUT2D eigenvalue weighted by molar-refractivity contribution is 7.09. The molecule has 6 heteroatoms. The van der Waals surface area contributed by atoms with Gasteiger partial charge in [-0.25, -0.2) is 0 Å². The van der Waals surface area contributed by atoms with E-state index in [0.717, 1.165) is 12.1 Å². The number of halogens is 3. The van der Waals surface area contributed by atoms with Crippen molar-refractivity contribution in [3.63, 3.8) is 0 Å². The molecular formula is C14H14F3NOS. The average molecular weight is 301 g/mol. The van der Waals surface area contributed by atoms with Crippen LogP contribution in [0.3, 0.4) is 0 Å². The first-order valence-electron chi connectivity index (χ1n) is 6.05. The molecule has 0 fully saturated rings. The van der Waals surface area contributed by atoms with Crippen LogP contribution in [-0.4, -0.2) is 6.36 Å². The Labute approximate surface area is 119 Å². The highest BCUT2D eigenvalue weighted by atomic mass is 32.1. The van der Waals surface area contributed by atoms with Crippen molar-refractivity contribution in [2.45, 2.75) is 25.9 Å². The monoisotopic (exact) mass is 301 g/mol. The highest BCUT2D eigenvalue weighted by Crippen LogP contribution is 2.24. The summed E-state index contributed by atoms with van der Waals surface area (Å²) < 4.78 is 40.0. The summed E-state index contributed by atoms with van der Waals surface area (Å²) in [6, 6.07) is 9.98. The molecule has 0 spiro atoms. The van der Waals surface area contributed by atoms with Crippen LogP contribution in [0.2, 0.25) is 0 Å². The lowest BCUT2D eigenvalue weighted by Gasteiger charge is -2.15. The van der Waals surface area contributed by atoms with Gasteiger partial charge in [0, 0.05) is 17.5 Å². The standard InChI is InChI=1S/C14H14F3NOS/c1-10(18-9-13-3-2-8-20-13)11-4-6-12(7-5-11)19-14(15,16)17/h2-8,10,18H,9H2,1H3. The molecule has 0 amide bonds. The van der Waals surface area contributed by atoms with Gasteiger partial charge in [0.15, 0.2) is 0 Å². The Kier molecular flexibility index (Phi) is 4.67. The fourth-order valence-electron chi connectivity index (χ4n) is 1.74. The third-order valence-electron chi connectivity index (χ3n) is 2.78. The molecule has 0 saturated carbocycles. The molecule has 1 aromatic heterocycles. The van der Waals surface area contributed by atoms with Gasteiger partial charge in [-0.15, -0.1) is 24.5 Å². The van der Waals surface area contributed by atoms with Crippen LogP contribution in [0.5, 0.6) is 5.75 Å². The number of ether oxygens (including phenoxy) is 1. The van der Waals surface area contributed by atoms with Crippen LogP contribution in [0.25, 0.3) is 0 Å². The van der Waals surface area contributed by atoms with E-state index in [1.165, 1.54) is 17.0 Å². The Hall–Kier alpha value is -1.53. The largest absolute Gasteiger partial charge is 0.573 e. The van der Waals surface area contributed by atoms with Crippen molar-refractivity contribution < 1.29 is 17.9 Å². The topological polar surface area (TPSA) is 21.3 Å². The number of hydrogen-bond acceptors (Lipinski definition) is 3. The van der Waals surface area contributed by atoms with Crippen LogP contribution in [0, 0.1) is 0 Å². The van der Waals surface area contributed by atoms with E-state index in [0.29, 0.717) is 0 Å². The second kappa shape index (κ2) is 6.28. The first-order valence-corrected chi connectivity index (χ1v) is 6.93. The van der Waals surface area contributed by atoms with Gasteiger partial charge in [0.2, 0.25) is 0 Å². The fourth-order valence-corrected chi connectivity index (χ4v) is 2.40. The van der Waals surface area contributed by atoms with Crippen LogP contribution in [0.1, 0.15) is 23.4 Å². The predicted octanol–water partition coefficient (Wildman–Crippen LogP) is 4.50. The first-order chi connectivity index (χ1) is 9.44. The summed E-state index contributed by atoms with van der Waals surface area (Å²) in [5.74, 6) is -0.202. The van der Waals surface area contributed by atoms with Crippen molar-refractivity contribution >= 4 is 11.3 Å². The third kappa shape index (κ3) is 4.54. The Morgan fingerprint density at radius 3 is 2.45 bits per heavy atom. The van der Waals surface area contributed by atoms with E-state index in [1.807, 2.05) is 24.4 Å². The molecule has 0 aliphatic carbocycles. The second-order valence-corrected chi connectivity index (χ2v) is 5.33. The number of hydrogen-bond donors (Lipinski definition) is 1. The average Bonchev–Trinajstić information content (AvgIpc) is 2.88. The molecule has 0 saturated heterocycles. The number of rotatable bonds is 5. The van der Waals surface area contributed by atoms with Crippen molar-refractivity contribution in [2.75, 3.05) is 0 Å². The molecule has 2 aromatic rings. The van der Waals surface area contributed by atoms with E-state index in [4.69, 9.17) is 0 Å². The number of thiophene rings is 1. The van der Waals surface area contributed by atoms with Crippen molar-refractivity contribution in [3.05, 3.63) is 52.2 Å². The molecule has 2 rings (SSSR count). The molecule has 0 aliphatic heterocycles. The minimum absolute atomic E-state index is 0.0528.